The molecule has 0 saturated heterocycles. The Morgan fingerprint density at radius 2 is 2.31 bits per heavy atom. The van der Waals surface area contributed by atoms with E-state index < -0.39 is 0 Å². The number of aliphatic hydroxyl groups is 1. The molecule has 0 bridgehead atoms. The number of hydrogen-bond acceptors (Lipinski definition) is 4. The highest BCUT2D eigenvalue weighted by molar-refractivity contribution is 5.44. The fraction of sp³-hybridized carbons (Fsp3) is 0.500. The van der Waals surface area contributed by atoms with E-state index in [0.717, 1.165) is 29.9 Å². The molecule has 0 radical (unpaired) electrons. The molecule has 1 heterocycles. The maximum absolute atomic E-state index is 8.63. The summed E-state index contributed by atoms with van der Waals surface area (Å²) in [7, 11) is 0. The van der Waals surface area contributed by atoms with E-state index in [0.29, 0.717) is 13.2 Å². The summed E-state index contributed by atoms with van der Waals surface area (Å²) < 4.78 is 11.0. The van der Waals surface area contributed by atoms with Crippen LogP contribution in [-0.4, -0.2) is 24.9 Å². The van der Waals surface area contributed by atoms with Crippen LogP contribution in [0.25, 0.3) is 0 Å². The van der Waals surface area contributed by atoms with E-state index in [2.05, 4.69) is 0 Å². The van der Waals surface area contributed by atoms with Crippen molar-refractivity contribution in [2.24, 2.45) is 5.73 Å². The number of benzene rings is 1. The van der Waals surface area contributed by atoms with Crippen LogP contribution in [-0.2, 0) is 0 Å². The highest BCUT2D eigenvalue weighted by atomic mass is 16.5. The second kappa shape index (κ2) is 5.18. The Balaban J connectivity index is 1.92. The summed E-state index contributed by atoms with van der Waals surface area (Å²) in [6, 6.07) is 5.72. The van der Waals surface area contributed by atoms with Gasteiger partial charge in [0.1, 0.15) is 18.1 Å². The van der Waals surface area contributed by atoms with Gasteiger partial charge in [-0.1, -0.05) is 0 Å². The molecule has 0 aromatic heterocycles. The molecule has 0 fully saturated rings. The van der Waals surface area contributed by atoms with Gasteiger partial charge in [-0.05, 0) is 25.0 Å². The molecule has 1 atom stereocenters. The predicted octanol–water partition coefficient (Wildman–Crippen LogP) is 1.23. The first-order valence-corrected chi connectivity index (χ1v) is 5.57. The first kappa shape index (κ1) is 11.2. The van der Waals surface area contributed by atoms with Crippen LogP contribution in [0.5, 0.6) is 11.5 Å². The van der Waals surface area contributed by atoms with Gasteiger partial charge in [0.2, 0.25) is 0 Å². The molecule has 1 aliphatic heterocycles. The Hall–Kier alpha value is -1.26. The topological polar surface area (TPSA) is 64.7 Å². The summed E-state index contributed by atoms with van der Waals surface area (Å²) in [4.78, 5) is 0. The monoisotopic (exact) mass is 223 g/mol. The first-order chi connectivity index (χ1) is 7.81. The minimum absolute atomic E-state index is 0.0153. The number of fused-ring (bicyclic) bond motifs is 1. The van der Waals surface area contributed by atoms with Gasteiger partial charge in [-0.2, -0.15) is 0 Å². The lowest BCUT2D eigenvalue weighted by atomic mass is 10.1. The molecule has 1 aromatic rings. The van der Waals surface area contributed by atoms with Crippen LogP contribution in [0.1, 0.15) is 24.4 Å². The molecule has 0 saturated carbocycles. The lowest BCUT2D eigenvalue weighted by Crippen LogP contribution is -2.10. The summed E-state index contributed by atoms with van der Waals surface area (Å²) in [6.45, 7) is 1.38. The second-order valence-electron chi connectivity index (χ2n) is 3.90. The van der Waals surface area contributed by atoms with E-state index in [9.17, 15) is 0 Å². The maximum atomic E-state index is 8.63. The van der Waals surface area contributed by atoms with E-state index in [1.165, 1.54) is 0 Å². The predicted molar refractivity (Wildman–Crippen MR) is 60.7 cm³/mol. The van der Waals surface area contributed by atoms with Gasteiger partial charge in [0.15, 0.2) is 0 Å². The summed E-state index contributed by atoms with van der Waals surface area (Å²) in [5.41, 5.74) is 6.89. The van der Waals surface area contributed by atoms with Crippen molar-refractivity contribution in [3.8, 4) is 11.5 Å². The smallest absolute Gasteiger partial charge is 0.127 e. The van der Waals surface area contributed by atoms with Crippen molar-refractivity contribution in [1.82, 2.24) is 0 Å². The Kier molecular flexibility index (Phi) is 3.64. The van der Waals surface area contributed by atoms with Crippen molar-refractivity contribution in [1.29, 1.82) is 0 Å². The lowest BCUT2D eigenvalue weighted by Gasteiger charge is -2.07. The van der Waals surface area contributed by atoms with E-state index in [-0.39, 0.29) is 12.6 Å². The Bertz CT molecular complexity index is 354. The average Bonchev–Trinajstić information content (AvgIpc) is 2.66. The van der Waals surface area contributed by atoms with E-state index >= 15 is 0 Å². The molecular weight excluding hydrogens is 206 g/mol. The molecule has 3 N–H and O–H groups in total. The van der Waals surface area contributed by atoms with Crippen LogP contribution in [0.4, 0.5) is 0 Å². The van der Waals surface area contributed by atoms with Gasteiger partial charge >= 0.3 is 0 Å². The van der Waals surface area contributed by atoms with Gasteiger partial charge in [0.25, 0.3) is 0 Å². The van der Waals surface area contributed by atoms with Gasteiger partial charge in [-0.3, -0.25) is 0 Å². The maximum Gasteiger partial charge on any atom is 0.127 e. The zero-order valence-electron chi connectivity index (χ0n) is 9.19. The zero-order chi connectivity index (χ0) is 11.4. The summed E-state index contributed by atoms with van der Waals surface area (Å²) in [5.74, 6) is 1.62. The van der Waals surface area contributed by atoms with Crippen molar-refractivity contribution >= 4 is 0 Å². The number of nitrogens with two attached hydrogens (primary N) is 1. The molecule has 1 unspecified atom stereocenters. The van der Waals surface area contributed by atoms with Gasteiger partial charge in [-0.25, -0.2) is 0 Å². The highest BCUT2D eigenvalue weighted by Gasteiger charge is 2.20. The SMILES string of the molecule is NC1COc2cc(OCCCCO)ccc21. The van der Waals surface area contributed by atoms with E-state index in [1.807, 2.05) is 18.2 Å². The van der Waals surface area contributed by atoms with Crippen LogP contribution < -0.4 is 15.2 Å². The third-order valence-corrected chi connectivity index (χ3v) is 2.62. The quantitative estimate of drug-likeness (QED) is 0.737. The molecule has 1 aliphatic rings. The number of hydrogen-bond donors (Lipinski definition) is 2. The molecule has 1 aromatic carbocycles. The van der Waals surface area contributed by atoms with Gasteiger partial charge in [0, 0.05) is 18.2 Å². The number of aliphatic hydroxyl groups excluding tert-OH is 1. The molecule has 2 rings (SSSR count). The van der Waals surface area contributed by atoms with Gasteiger partial charge in [0.05, 0.1) is 12.6 Å². The Morgan fingerprint density at radius 3 is 3.12 bits per heavy atom. The largest absolute Gasteiger partial charge is 0.493 e. The lowest BCUT2D eigenvalue weighted by molar-refractivity contribution is 0.252. The van der Waals surface area contributed by atoms with Crippen LogP contribution in [0, 0.1) is 0 Å². The highest BCUT2D eigenvalue weighted by Crippen LogP contribution is 2.33. The molecule has 0 spiro atoms. The van der Waals surface area contributed by atoms with Crippen molar-refractivity contribution in [2.45, 2.75) is 18.9 Å². The average molecular weight is 223 g/mol. The van der Waals surface area contributed by atoms with Crippen molar-refractivity contribution < 1.29 is 14.6 Å². The Labute approximate surface area is 95.0 Å². The zero-order valence-corrected chi connectivity index (χ0v) is 9.19. The molecular formula is C12H17NO3. The number of ether oxygens (including phenoxy) is 2. The normalized spacial score (nSPS) is 18.0. The minimum atomic E-state index is -0.0153. The van der Waals surface area contributed by atoms with Gasteiger partial charge in [-0.15, -0.1) is 0 Å². The van der Waals surface area contributed by atoms with Crippen molar-refractivity contribution in [2.75, 3.05) is 19.8 Å². The molecule has 88 valence electrons. The second-order valence-corrected chi connectivity index (χ2v) is 3.90. The van der Waals surface area contributed by atoms with E-state index in [4.69, 9.17) is 20.3 Å². The standard InChI is InChI=1S/C12H17NO3/c13-11-8-16-12-7-9(3-4-10(11)12)15-6-2-1-5-14/h3-4,7,11,14H,1-2,5-6,8,13H2. The molecule has 16 heavy (non-hydrogen) atoms. The Morgan fingerprint density at radius 1 is 1.44 bits per heavy atom. The van der Waals surface area contributed by atoms with Gasteiger partial charge < -0.3 is 20.3 Å². The van der Waals surface area contributed by atoms with Crippen molar-refractivity contribution in [3.63, 3.8) is 0 Å². The van der Waals surface area contributed by atoms with Crippen LogP contribution in [0.15, 0.2) is 18.2 Å². The molecule has 0 aliphatic carbocycles. The third-order valence-electron chi connectivity index (χ3n) is 2.62. The van der Waals surface area contributed by atoms with Crippen LogP contribution >= 0.6 is 0 Å². The molecule has 4 nitrogen and oxygen atoms in total. The molecule has 0 amide bonds. The molecule has 4 heteroatoms. The third kappa shape index (κ3) is 2.46. The summed E-state index contributed by atoms with van der Waals surface area (Å²) in [6.07, 6.45) is 1.63. The van der Waals surface area contributed by atoms with Crippen LogP contribution in [0.3, 0.4) is 0 Å². The fourth-order valence-electron chi connectivity index (χ4n) is 1.71. The fourth-order valence-corrected chi connectivity index (χ4v) is 1.71. The number of unbranched alkanes of at least 4 members (excludes halogenated alkanes) is 1. The summed E-state index contributed by atoms with van der Waals surface area (Å²) >= 11 is 0. The van der Waals surface area contributed by atoms with E-state index in [1.54, 1.807) is 0 Å². The summed E-state index contributed by atoms with van der Waals surface area (Å²) in [5, 5.41) is 8.63. The first-order valence-electron chi connectivity index (χ1n) is 5.57. The van der Waals surface area contributed by atoms with Crippen molar-refractivity contribution in [3.05, 3.63) is 23.8 Å². The number of rotatable bonds is 5. The van der Waals surface area contributed by atoms with Crippen LogP contribution in [0.2, 0.25) is 0 Å². The minimum Gasteiger partial charge on any atom is -0.493 e.